The van der Waals surface area contributed by atoms with Gasteiger partial charge in [-0.3, -0.25) is 24.5 Å². The summed E-state index contributed by atoms with van der Waals surface area (Å²) in [4.78, 5) is 50.1. The van der Waals surface area contributed by atoms with Crippen molar-refractivity contribution in [2.75, 3.05) is 0 Å². The summed E-state index contributed by atoms with van der Waals surface area (Å²) in [5.74, 6) is -7.74. The Hall–Kier alpha value is -3.33. The number of rotatable bonds is 5. The van der Waals surface area contributed by atoms with Crippen LogP contribution in [0, 0.1) is 0 Å². The minimum absolute atomic E-state index is 0.0437. The fourth-order valence-electron chi connectivity index (χ4n) is 3.58. The zero-order valence-corrected chi connectivity index (χ0v) is 17.2. The zero-order chi connectivity index (χ0) is 25.7. The molecule has 2 heterocycles. The van der Waals surface area contributed by atoms with Crippen LogP contribution in [0.25, 0.3) is 0 Å². The molecule has 4 amide bonds. The zero-order valence-electron chi connectivity index (χ0n) is 19.4. The van der Waals surface area contributed by atoms with Crippen LogP contribution in [0.5, 0.6) is 0 Å². The highest BCUT2D eigenvalue weighted by Crippen LogP contribution is 2.30. The van der Waals surface area contributed by atoms with Gasteiger partial charge in [-0.1, -0.05) is 35.8 Å². The SMILES string of the molecule is [2H]c1c(C([2H])N([2H])C(=O)C(F)(F)c2ccc(Cl)cc2)ccc2c1CN(C1CCC(=O)NC1=O)C2=O. The fourth-order valence-corrected chi connectivity index (χ4v) is 3.70. The minimum atomic E-state index is -4.12. The summed E-state index contributed by atoms with van der Waals surface area (Å²) >= 11 is 5.69. The Morgan fingerprint density at radius 3 is 2.69 bits per heavy atom. The molecule has 166 valence electrons. The summed E-state index contributed by atoms with van der Waals surface area (Å²) in [6, 6.07) is 5.34. The first-order chi connectivity index (χ1) is 16.4. The van der Waals surface area contributed by atoms with Crippen LogP contribution in [-0.4, -0.2) is 34.6 Å². The monoisotopic (exact) mass is 464 g/mol. The van der Waals surface area contributed by atoms with E-state index in [9.17, 15) is 28.0 Å². The van der Waals surface area contributed by atoms with E-state index in [2.05, 4.69) is 5.32 Å². The van der Waals surface area contributed by atoms with E-state index < -0.39 is 47.7 Å². The van der Waals surface area contributed by atoms with Gasteiger partial charge in [0.25, 0.3) is 11.8 Å². The van der Waals surface area contributed by atoms with E-state index in [1.54, 1.807) is 0 Å². The lowest BCUT2D eigenvalue weighted by molar-refractivity contribution is -0.147. The topological polar surface area (TPSA) is 95.6 Å². The number of nitrogens with zero attached hydrogens (tertiary/aromatic N) is 1. The molecule has 0 aromatic heterocycles. The molecule has 2 N–H and O–H groups in total. The van der Waals surface area contributed by atoms with Crippen LogP contribution in [0.1, 0.15) is 42.6 Å². The number of hydrogen-bond donors (Lipinski definition) is 2. The third-order valence-corrected chi connectivity index (χ3v) is 5.50. The molecule has 10 heteroatoms. The van der Waals surface area contributed by atoms with Crippen LogP contribution in [0.3, 0.4) is 0 Å². The molecule has 2 unspecified atom stereocenters. The Labute approximate surface area is 191 Å². The van der Waals surface area contributed by atoms with Crippen molar-refractivity contribution in [1.82, 2.24) is 15.5 Å². The van der Waals surface area contributed by atoms with E-state index >= 15 is 0 Å². The number of carbonyl (C=O) groups excluding carboxylic acids is 4. The molecule has 0 aliphatic carbocycles. The maximum atomic E-state index is 14.7. The molecule has 0 bridgehead atoms. The average molecular weight is 465 g/mol. The third kappa shape index (κ3) is 4.08. The lowest BCUT2D eigenvalue weighted by Crippen LogP contribution is -2.52. The van der Waals surface area contributed by atoms with Gasteiger partial charge in [0.15, 0.2) is 1.41 Å². The molecule has 1 fully saturated rings. The van der Waals surface area contributed by atoms with Crippen LogP contribution in [0.15, 0.2) is 42.4 Å². The standard InChI is InChI=1S/C22H18ClF2N3O4/c23-15-4-2-14(3-5-15)22(24,25)21(32)26-10-12-1-6-16-13(9-12)11-28(20(16)31)17-7-8-18(29)27-19(17)30/h1-6,9,17H,7-8,10-11H2,(H,26,32)(H,27,29,30)/i9D,10D/hD. The number of amides is 4. The molecule has 0 spiro atoms. The number of fused-ring (bicyclic) bond motifs is 1. The fraction of sp³-hybridized carbons (Fsp3) is 0.273. The number of alkyl halides is 2. The van der Waals surface area contributed by atoms with Crippen molar-refractivity contribution in [2.24, 2.45) is 0 Å². The Morgan fingerprint density at radius 2 is 2.00 bits per heavy atom. The van der Waals surface area contributed by atoms with E-state index in [1.807, 2.05) is 0 Å². The summed E-state index contributed by atoms with van der Waals surface area (Å²) in [5.41, 5.74) is -0.719. The molecule has 2 aromatic carbocycles. The van der Waals surface area contributed by atoms with Crippen LogP contribution in [0.2, 0.25) is 6.43 Å². The van der Waals surface area contributed by atoms with Crippen molar-refractivity contribution in [1.29, 1.82) is 0 Å². The summed E-state index contributed by atoms with van der Waals surface area (Å²) in [5, 5.41) is 2.12. The van der Waals surface area contributed by atoms with Gasteiger partial charge in [-0.15, -0.1) is 0 Å². The van der Waals surface area contributed by atoms with E-state index in [1.165, 1.54) is 11.0 Å². The van der Waals surface area contributed by atoms with Gasteiger partial charge in [0.2, 0.25) is 11.8 Å². The number of hydrogen-bond acceptors (Lipinski definition) is 4. The molecular formula is C22H18ClF2N3O4. The second-order valence-electron chi connectivity index (χ2n) is 7.35. The highest BCUT2D eigenvalue weighted by molar-refractivity contribution is 6.30. The van der Waals surface area contributed by atoms with Gasteiger partial charge in [-0.2, -0.15) is 8.78 Å². The van der Waals surface area contributed by atoms with Crippen molar-refractivity contribution < 1.29 is 32.1 Å². The van der Waals surface area contributed by atoms with Gasteiger partial charge >= 0.3 is 5.92 Å². The second-order valence-corrected chi connectivity index (χ2v) is 7.79. The Balaban J connectivity index is 1.58. The van der Waals surface area contributed by atoms with Crippen molar-refractivity contribution in [3.8, 4) is 0 Å². The van der Waals surface area contributed by atoms with E-state index in [4.69, 9.17) is 15.8 Å². The maximum absolute atomic E-state index is 14.7. The number of benzene rings is 2. The lowest BCUT2D eigenvalue weighted by Gasteiger charge is -2.29. The number of imide groups is 1. The highest BCUT2D eigenvalue weighted by atomic mass is 35.5. The largest absolute Gasteiger partial charge is 0.349 e. The normalized spacial score (nSPS) is 20.7. The van der Waals surface area contributed by atoms with E-state index in [0.717, 1.165) is 30.3 Å². The molecule has 4 rings (SSSR count). The molecule has 7 nitrogen and oxygen atoms in total. The van der Waals surface area contributed by atoms with Gasteiger partial charge in [0, 0.05) is 35.6 Å². The van der Waals surface area contributed by atoms with Crippen LogP contribution in [0.4, 0.5) is 8.78 Å². The van der Waals surface area contributed by atoms with Crippen molar-refractivity contribution in [3.05, 3.63) is 69.7 Å². The van der Waals surface area contributed by atoms with Gasteiger partial charge in [-0.25, -0.2) is 0 Å². The molecule has 1 saturated heterocycles. The molecule has 2 aliphatic heterocycles. The van der Waals surface area contributed by atoms with Crippen molar-refractivity contribution >= 4 is 35.2 Å². The summed E-state index contributed by atoms with van der Waals surface area (Å²) in [7, 11) is 0. The first kappa shape index (κ1) is 18.3. The Morgan fingerprint density at radius 1 is 1.28 bits per heavy atom. The van der Waals surface area contributed by atoms with Gasteiger partial charge in [0.05, 0.1) is 2.74 Å². The van der Waals surface area contributed by atoms with Crippen molar-refractivity contribution in [3.63, 3.8) is 0 Å². The third-order valence-electron chi connectivity index (χ3n) is 5.25. The Kier molecular flexibility index (Phi) is 4.74. The predicted molar refractivity (Wildman–Crippen MR) is 110 cm³/mol. The minimum Gasteiger partial charge on any atom is -0.346 e. The second kappa shape index (κ2) is 8.31. The molecule has 0 saturated carbocycles. The molecule has 2 aromatic rings. The van der Waals surface area contributed by atoms with Crippen LogP contribution >= 0.6 is 11.6 Å². The van der Waals surface area contributed by atoms with Crippen molar-refractivity contribution in [2.45, 2.75) is 37.9 Å². The predicted octanol–water partition coefficient (Wildman–Crippen LogP) is 2.51. The van der Waals surface area contributed by atoms with Crippen LogP contribution < -0.4 is 10.6 Å². The highest BCUT2D eigenvalue weighted by Gasteiger charge is 2.41. The quantitative estimate of drug-likeness (QED) is 0.665. The lowest BCUT2D eigenvalue weighted by atomic mass is 10.0. The molecule has 2 atom stereocenters. The maximum Gasteiger partial charge on any atom is 0.349 e. The first-order valence-corrected chi connectivity index (χ1v) is 9.97. The van der Waals surface area contributed by atoms with E-state index in [-0.39, 0.29) is 52.5 Å². The summed E-state index contributed by atoms with van der Waals surface area (Å²) < 4.78 is 54.0. The number of halogens is 3. The first-order valence-electron chi connectivity index (χ1n) is 11.1. The summed E-state index contributed by atoms with van der Waals surface area (Å²) in [6.07, 6.45) is 0.155. The average Bonchev–Trinajstić information content (AvgIpc) is 3.15. The molecular weight excluding hydrogens is 444 g/mol. The van der Waals surface area contributed by atoms with Gasteiger partial charge in [-0.05, 0) is 35.7 Å². The number of piperidine rings is 1. The van der Waals surface area contributed by atoms with Gasteiger partial charge < -0.3 is 10.2 Å². The van der Waals surface area contributed by atoms with Crippen LogP contribution in [-0.2, 0) is 33.4 Å². The summed E-state index contributed by atoms with van der Waals surface area (Å²) in [6.45, 7) is -2.16. The molecule has 2 aliphatic rings. The molecule has 32 heavy (non-hydrogen) atoms. The number of nitrogens with one attached hydrogen (secondary N) is 2. The Bertz CT molecular complexity index is 1250. The number of carbonyl (C=O) groups is 4. The molecule has 0 radical (unpaired) electrons. The van der Waals surface area contributed by atoms with Gasteiger partial charge in [0.1, 0.15) is 6.04 Å². The van der Waals surface area contributed by atoms with E-state index in [0.29, 0.717) is 0 Å². The smallest absolute Gasteiger partial charge is 0.346 e.